The van der Waals surface area contributed by atoms with Crippen LogP contribution in [-0.4, -0.2) is 4.98 Å². The number of H-pyrrole nitrogens is 1. The van der Waals surface area contributed by atoms with Gasteiger partial charge in [0.1, 0.15) is 0 Å². The van der Waals surface area contributed by atoms with Crippen molar-refractivity contribution < 1.29 is 0 Å². The van der Waals surface area contributed by atoms with E-state index in [4.69, 9.17) is 0 Å². The van der Waals surface area contributed by atoms with Gasteiger partial charge in [0, 0.05) is 11.4 Å². The molecule has 0 saturated carbocycles. The topological polar surface area (TPSA) is 15.8 Å². The van der Waals surface area contributed by atoms with Crippen LogP contribution in [-0.2, 0) is 0 Å². The average Bonchev–Trinajstić information content (AvgIpc) is 3.24. The van der Waals surface area contributed by atoms with Crippen molar-refractivity contribution in [2.45, 2.75) is 0 Å². The Bertz CT molecular complexity index is 1250. The number of aromatic nitrogens is 1. The number of fused-ring (bicyclic) bond motifs is 2. The molecule has 1 N–H and O–H groups in total. The van der Waals surface area contributed by atoms with E-state index in [-0.39, 0.29) is 0 Å². The molecule has 0 fully saturated rings. The van der Waals surface area contributed by atoms with Gasteiger partial charge in [-0.3, -0.25) is 0 Å². The first kappa shape index (κ1) is 17.3. The maximum Gasteiger partial charge on any atom is 0.0385 e. The third-order valence-corrected chi connectivity index (χ3v) is 5.19. The van der Waals surface area contributed by atoms with Gasteiger partial charge in [-0.1, -0.05) is 84.9 Å². The number of rotatable bonds is 4. The summed E-state index contributed by atoms with van der Waals surface area (Å²) in [4.78, 5) is 3.45. The summed E-state index contributed by atoms with van der Waals surface area (Å²) in [6, 6.07) is 34.2. The van der Waals surface area contributed by atoms with E-state index >= 15 is 0 Å². The summed E-state index contributed by atoms with van der Waals surface area (Å²) in [5.74, 6) is 0. The number of aromatic amines is 1. The molecule has 138 valence electrons. The van der Waals surface area contributed by atoms with Crippen molar-refractivity contribution in [3.05, 3.63) is 120 Å². The minimum Gasteiger partial charge on any atom is -0.356 e. The Morgan fingerprint density at radius 3 is 1.34 bits per heavy atom. The van der Waals surface area contributed by atoms with E-state index in [0.717, 1.165) is 11.4 Å². The van der Waals surface area contributed by atoms with Crippen molar-refractivity contribution in [2.75, 3.05) is 0 Å². The molecule has 1 nitrogen and oxygen atoms in total. The summed E-state index contributed by atoms with van der Waals surface area (Å²) in [6.07, 6.45) is 8.54. The molecule has 0 unspecified atom stereocenters. The van der Waals surface area contributed by atoms with Crippen molar-refractivity contribution in [3.63, 3.8) is 0 Å². The second kappa shape index (κ2) is 7.65. The van der Waals surface area contributed by atoms with Gasteiger partial charge in [-0.15, -0.1) is 0 Å². The Morgan fingerprint density at radius 2 is 0.862 bits per heavy atom. The molecule has 29 heavy (non-hydrogen) atoms. The molecule has 1 heterocycles. The van der Waals surface area contributed by atoms with Crippen LogP contribution in [0.3, 0.4) is 0 Å². The summed E-state index contributed by atoms with van der Waals surface area (Å²) in [6.45, 7) is 0. The van der Waals surface area contributed by atoms with Crippen LogP contribution in [0.4, 0.5) is 0 Å². The van der Waals surface area contributed by atoms with E-state index < -0.39 is 0 Å². The van der Waals surface area contributed by atoms with Crippen LogP contribution in [0.25, 0.3) is 45.8 Å². The molecule has 0 bridgehead atoms. The zero-order chi connectivity index (χ0) is 19.5. The van der Waals surface area contributed by atoms with Crippen LogP contribution >= 0.6 is 0 Å². The number of hydrogen-bond donors (Lipinski definition) is 1. The van der Waals surface area contributed by atoms with Gasteiger partial charge in [0.2, 0.25) is 0 Å². The van der Waals surface area contributed by atoms with E-state index in [0.29, 0.717) is 0 Å². The van der Waals surface area contributed by atoms with Crippen molar-refractivity contribution in [3.8, 4) is 0 Å². The lowest BCUT2D eigenvalue weighted by atomic mass is 10.1. The van der Waals surface area contributed by atoms with E-state index in [9.17, 15) is 0 Å². The minimum absolute atomic E-state index is 1.09. The van der Waals surface area contributed by atoms with Crippen molar-refractivity contribution in [1.82, 2.24) is 4.98 Å². The third-order valence-electron chi connectivity index (χ3n) is 5.19. The van der Waals surface area contributed by atoms with Crippen LogP contribution in [0.15, 0.2) is 97.1 Å². The van der Waals surface area contributed by atoms with Crippen LogP contribution in [0.2, 0.25) is 0 Å². The van der Waals surface area contributed by atoms with Gasteiger partial charge in [-0.05, 0) is 69.1 Å². The number of hydrogen-bond acceptors (Lipinski definition) is 0. The highest BCUT2D eigenvalue weighted by Gasteiger charge is 1.96. The highest BCUT2D eigenvalue weighted by Crippen LogP contribution is 2.19. The molecule has 1 aromatic heterocycles. The first-order chi connectivity index (χ1) is 14.3. The fraction of sp³-hybridized carbons (Fsp3) is 0. The number of nitrogens with one attached hydrogen (secondary N) is 1. The van der Waals surface area contributed by atoms with E-state index in [1.54, 1.807) is 0 Å². The molecule has 5 aromatic rings. The highest BCUT2D eigenvalue weighted by atomic mass is 14.7. The minimum atomic E-state index is 1.09. The standard InChI is InChI=1S/C28H21N/c1-3-7-25-19-21(9-13-23(25)5-1)11-15-27-17-18-28(29-27)16-12-22-10-14-24-6-2-4-8-26(24)20-22/h1-20,29H/b15-11+,16-12+. The lowest BCUT2D eigenvalue weighted by Gasteiger charge is -1.99. The molecule has 0 aliphatic carbocycles. The van der Waals surface area contributed by atoms with E-state index in [1.807, 2.05) is 0 Å². The van der Waals surface area contributed by atoms with Crippen LogP contribution < -0.4 is 0 Å². The van der Waals surface area contributed by atoms with Crippen molar-refractivity contribution >= 4 is 45.8 Å². The van der Waals surface area contributed by atoms with Gasteiger partial charge in [-0.2, -0.15) is 0 Å². The van der Waals surface area contributed by atoms with Crippen molar-refractivity contribution in [2.24, 2.45) is 0 Å². The Kier molecular flexibility index (Phi) is 4.56. The number of benzene rings is 4. The van der Waals surface area contributed by atoms with Gasteiger partial charge < -0.3 is 4.98 Å². The molecule has 0 radical (unpaired) electrons. The van der Waals surface area contributed by atoms with Crippen LogP contribution in [0.1, 0.15) is 22.5 Å². The van der Waals surface area contributed by atoms with E-state index in [1.165, 1.54) is 32.7 Å². The SMILES string of the molecule is C(=C\c1ccc(/C=C/c2ccc3ccccc3c2)[nH]1)/c1ccc2ccccc2c1. The fourth-order valence-electron chi connectivity index (χ4n) is 3.62. The van der Waals surface area contributed by atoms with Crippen LogP contribution in [0.5, 0.6) is 0 Å². The molecule has 0 saturated heterocycles. The molecule has 4 aromatic carbocycles. The van der Waals surface area contributed by atoms with Gasteiger partial charge >= 0.3 is 0 Å². The second-order valence-electron chi connectivity index (χ2n) is 7.25. The van der Waals surface area contributed by atoms with E-state index in [2.05, 4.69) is 126 Å². The maximum absolute atomic E-state index is 3.45. The zero-order valence-electron chi connectivity index (χ0n) is 16.0. The predicted octanol–water partition coefficient (Wildman–Crippen LogP) is 7.66. The molecule has 5 rings (SSSR count). The Hall–Kier alpha value is -3.84. The quantitative estimate of drug-likeness (QED) is 0.334. The molecule has 0 aliphatic rings. The zero-order valence-corrected chi connectivity index (χ0v) is 16.0. The van der Waals surface area contributed by atoms with Gasteiger partial charge in [0.25, 0.3) is 0 Å². The lowest BCUT2D eigenvalue weighted by Crippen LogP contribution is -1.77. The monoisotopic (exact) mass is 371 g/mol. The Morgan fingerprint density at radius 1 is 0.414 bits per heavy atom. The van der Waals surface area contributed by atoms with Crippen LogP contribution in [0, 0.1) is 0 Å². The molecule has 0 aliphatic heterocycles. The fourth-order valence-corrected chi connectivity index (χ4v) is 3.62. The van der Waals surface area contributed by atoms with Crippen molar-refractivity contribution in [1.29, 1.82) is 0 Å². The summed E-state index contributed by atoms with van der Waals surface area (Å²) in [5.41, 5.74) is 4.59. The third kappa shape index (κ3) is 3.90. The second-order valence-corrected chi connectivity index (χ2v) is 7.25. The summed E-state index contributed by atoms with van der Waals surface area (Å²) in [7, 11) is 0. The van der Waals surface area contributed by atoms with Gasteiger partial charge in [0.15, 0.2) is 0 Å². The summed E-state index contributed by atoms with van der Waals surface area (Å²) >= 11 is 0. The maximum atomic E-state index is 3.45. The average molecular weight is 371 g/mol. The van der Waals surface area contributed by atoms with Gasteiger partial charge in [0.05, 0.1) is 0 Å². The van der Waals surface area contributed by atoms with Gasteiger partial charge in [-0.25, -0.2) is 0 Å². The first-order valence-corrected chi connectivity index (χ1v) is 9.86. The lowest BCUT2D eigenvalue weighted by molar-refractivity contribution is 1.35. The Labute approximate surface area is 170 Å². The molecule has 0 atom stereocenters. The smallest absolute Gasteiger partial charge is 0.0385 e. The molecule has 1 heteroatoms. The molecular weight excluding hydrogens is 350 g/mol. The molecular formula is C28H21N. The summed E-state index contributed by atoms with van der Waals surface area (Å²) < 4.78 is 0. The molecule has 0 spiro atoms. The molecule has 0 amide bonds. The summed E-state index contributed by atoms with van der Waals surface area (Å²) in [5, 5.41) is 5.07. The first-order valence-electron chi connectivity index (χ1n) is 9.86. The Balaban J connectivity index is 1.32. The highest BCUT2D eigenvalue weighted by molar-refractivity contribution is 5.87. The largest absolute Gasteiger partial charge is 0.356 e. The normalized spacial score (nSPS) is 11.9. The predicted molar refractivity (Wildman–Crippen MR) is 127 cm³/mol.